The highest BCUT2D eigenvalue weighted by molar-refractivity contribution is 7.99. The number of fused-ring (bicyclic) bond motifs is 1. The molecule has 3 rings (SSSR count). The number of hydrazine groups is 1. The number of benzene rings is 2. The standard InChI is InChI=1S/C15H13N3O2S.C2H5N3O2.H4N2/c1-20-15(19)18-14-16-12-8-7-11(9-13(12)17-14)21-10-5-3-2-4-6-10;1-5(4-7)2(3)6;1-2/h2-9H,1H3,(H2,16,17,18,19);1H3,(H2,3,6);1-2H2. The normalized spacial score (nSPS) is 9.33. The number of primary amides is 1. The Labute approximate surface area is 176 Å². The van der Waals surface area contributed by atoms with Crippen molar-refractivity contribution in [1.29, 1.82) is 0 Å². The molecule has 0 spiro atoms. The van der Waals surface area contributed by atoms with Crippen molar-refractivity contribution in [3.05, 3.63) is 53.4 Å². The summed E-state index contributed by atoms with van der Waals surface area (Å²) in [6.07, 6.45) is -0.548. The summed E-state index contributed by atoms with van der Waals surface area (Å²) in [5.41, 5.74) is 6.19. The van der Waals surface area contributed by atoms with E-state index in [-0.39, 0.29) is 0 Å². The quantitative estimate of drug-likeness (QED) is 0.234. The number of ether oxygens (including phenoxy) is 1. The van der Waals surface area contributed by atoms with Gasteiger partial charge in [0.1, 0.15) is 0 Å². The molecule has 12 nitrogen and oxygen atoms in total. The van der Waals surface area contributed by atoms with E-state index in [4.69, 9.17) is 0 Å². The Morgan fingerprint density at radius 1 is 1.17 bits per heavy atom. The molecule has 0 radical (unpaired) electrons. The SMILES string of the molecule is CN(N=O)C(N)=O.COC(=O)Nc1nc2cc(Sc3ccccc3)ccc2[nH]1.NN. The molecule has 160 valence electrons. The molecule has 13 heteroatoms. The van der Waals surface area contributed by atoms with Gasteiger partial charge in [0.05, 0.1) is 23.4 Å². The molecule has 0 aliphatic heterocycles. The third-order valence-corrected chi connectivity index (χ3v) is 4.28. The number of aromatic amines is 1. The number of hydrogen-bond donors (Lipinski definition) is 5. The lowest BCUT2D eigenvalue weighted by Crippen LogP contribution is -2.26. The fraction of sp³-hybridized carbons (Fsp3) is 0.118. The highest BCUT2D eigenvalue weighted by Gasteiger charge is 2.07. The van der Waals surface area contributed by atoms with Crippen molar-refractivity contribution in [2.75, 3.05) is 19.5 Å². The van der Waals surface area contributed by atoms with Crippen LogP contribution in [0.1, 0.15) is 0 Å². The largest absolute Gasteiger partial charge is 0.453 e. The molecule has 2 aromatic carbocycles. The Morgan fingerprint density at radius 3 is 2.37 bits per heavy atom. The summed E-state index contributed by atoms with van der Waals surface area (Å²) in [6.45, 7) is 0. The van der Waals surface area contributed by atoms with Crippen LogP contribution in [0.15, 0.2) is 63.6 Å². The number of anilines is 1. The maximum atomic E-state index is 11.2. The summed E-state index contributed by atoms with van der Waals surface area (Å²) in [4.78, 5) is 39.9. The number of nitroso groups, excluding NO2 is 1. The van der Waals surface area contributed by atoms with E-state index in [1.54, 1.807) is 11.8 Å². The third kappa shape index (κ3) is 7.75. The topological polar surface area (TPSA) is 195 Å². The lowest BCUT2D eigenvalue weighted by atomic mass is 10.3. The van der Waals surface area contributed by atoms with Gasteiger partial charge in [-0.05, 0) is 30.3 Å². The highest BCUT2D eigenvalue weighted by Crippen LogP contribution is 2.29. The predicted octanol–water partition coefficient (Wildman–Crippen LogP) is 2.39. The van der Waals surface area contributed by atoms with Crippen molar-refractivity contribution in [2.24, 2.45) is 22.7 Å². The van der Waals surface area contributed by atoms with Crippen molar-refractivity contribution in [2.45, 2.75) is 9.79 Å². The second kappa shape index (κ2) is 12.7. The first-order valence-corrected chi connectivity index (χ1v) is 9.02. The van der Waals surface area contributed by atoms with Crippen LogP contribution >= 0.6 is 11.8 Å². The predicted molar refractivity (Wildman–Crippen MR) is 114 cm³/mol. The van der Waals surface area contributed by atoms with Gasteiger partial charge in [-0.2, -0.15) is 5.01 Å². The van der Waals surface area contributed by atoms with Gasteiger partial charge in [0.15, 0.2) is 0 Å². The van der Waals surface area contributed by atoms with Gasteiger partial charge < -0.3 is 15.5 Å². The average molecular weight is 434 g/mol. The molecule has 0 saturated heterocycles. The van der Waals surface area contributed by atoms with Gasteiger partial charge in [0.2, 0.25) is 5.95 Å². The monoisotopic (exact) mass is 434 g/mol. The average Bonchev–Trinajstić information content (AvgIpc) is 3.17. The molecule has 0 bridgehead atoms. The van der Waals surface area contributed by atoms with Crippen molar-refractivity contribution in [1.82, 2.24) is 15.0 Å². The van der Waals surface area contributed by atoms with Crippen LogP contribution in [0.4, 0.5) is 15.5 Å². The number of H-pyrrole nitrogens is 1. The molecule has 0 unspecified atom stereocenters. The molecule has 3 aromatic rings. The van der Waals surface area contributed by atoms with Gasteiger partial charge in [-0.1, -0.05) is 30.0 Å². The summed E-state index contributed by atoms with van der Waals surface area (Å²) in [6, 6.07) is 15.2. The van der Waals surface area contributed by atoms with Gasteiger partial charge in [-0.25, -0.2) is 14.6 Å². The number of aromatic nitrogens is 2. The Hall–Kier alpha value is -3.68. The Bertz CT molecular complexity index is 967. The van der Waals surface area contributed by atoms with Gasteiger partial charge in [-0.3, -0.25) is 17.0 Å². The van der Waals surface area contributed by atoms with Gasteiger partial charge in [0, 0.05) is 16.8 Å². The Kier molecular flexibility index (Phi) is 10.3. The van der Waals surface area contributed by atoms with Crippen LogP contribution in [0.5, 0.6) is 0 Å². The zero-order valence-electron chi connectivity index (χ0n) is 16.2. The summed E-state index contributed by atoms with van der Waals surface area (Å²) in [7, 11) is 2.49. The minimum Gasteiger partial charge on any atom is -0.453 e. The van der Waals surface area contributed by atoms with E-state index < -0.39 is 12.1 Å². The zero-order valence-corrected chi connectivity index (χ0v) is 17.1. The van der Waals surface area contributed by atoms with Crippen molar-refractivity contribution in [3.8, 4) is 0 Å². The molecule has 0 saturated carbocycles. The first-order valence-electron chi connectivity index (χ1n) is 8.20. The van der Waals surface area contributed by atoms with E-state index in [9.17, 15) is 14.5 Å². The number of nitrogens with zero attached hydrogens (tertiary/aromatic N) is 3. The summed E-state index contributed by atoms with van der Waals surface area (Å²) in [5, 5.41) is 5.21. The van der Waals surface area contributed by atoms with Gasteiger partial charge in [-0.15, -0.1) is 4.91 Å². The minimum absolute atomic E-state index is 0.374. The fourth-order valence-corrected chi connectivity index (χ4v) is 2.79. The van der Waals surface area contributed by atoms with Crippen LogP contribution < -0.4 is 22.7 Å². The molecule has 0 fully saturated rings. The number of nitrogens with two attached hydrogens (primary N) is 3. The van der Waals surface area contributed by atoms with Crippen LogP contribution in [0.2, 0.25) is 0 Å². The van der Waals surface area contributed by atoms with E-state index >= 15 is 0 Å². The van der Waals surface area contributed by atoms with E-state index in [1.807, 2.05) is 36.4 Å². The molecule has 0 aliphatic carbocycles. The molecule has 3 amide bonds. The number of rotatable bonds is 4. The van der Waals surface area contributed by atoms with Gasteiger partial charge in [0.25, 0.3) is 0 Å². The summed E-state index contributed by atoms with van der Waals surface area (Å²) >= 11 is 1.66. The fourth-order valence-electron chi connectivity index (χ4n) is 1.92. The van der Waals surface area contributed by atoms with E-state index in [1.165, 1.54) is 19.1 Å². The van der Waals surface area contributed by atoms with E-state index in [0.717, 1.165) is 15.9 Å². The number of hydrogen-bond acceptors (Lipinski definition) is 9. The molecule has 1 aromatic heterocycles. The number of carbonyl (C=O) groups is 2. The first-order chi connectivity index (χ1) is 14.4. The van der Waals surface area contributed by atoms with Gasteiger partial charge >= 0.3 is 12.1 Å². The zero-order chi connectivity index (χ0) is 22.5. The summed E-state index contributed by atoms with van der Waals surface area (Å²) in [5.74, 6) is 8.37. The van der Waals surface area contributed by atoms with Crippen LogP contribution in [0.3, 0.4) is 0 Å². The number of amides is 3. The van der Waals surface area contributed by atoms with Crippen molar-refractivity contribution < 1.29 is 14.3 Å². The van der Waals surface area contributed by atoms with Crippen molar-refractivity contribution >= 4 is 40.9 Å². The smallest absolute Gasteiger partial charge is 0.413 e. The number of carbonyl (C=O) groups excluding carboxylic acids is 2. The molecular formula is C17H22N8O4S. The lowest BCUT2D eigenvalue weighted by molar-refractivity contribution is 0.186. The van der Waals surface area contributed by atoms with E-state index in [0.29, 0.717) is 11.0 Å². The first kappa shape index (κ1) is 24.4. The van der Waals surface area contributed by atoms with Crippen LogP contribution in [-0.2, 0) is 4.74 Å². The molecule has 8 N–H and O–H groups in total. The van der Waals surface area contributed by atoms with E-state index in [2.05, 4.69) is 54.9 Å². The maximum Gasteiger partial charge on any atom is 0.413 e. The molecule has 0 aliphatic rings. The summed E-state index contributed by atoms with van der Waals surface area (Å²) < 4.78 is 4.54. The second-order valence-corrected chi connectivity index (χ2v) is 6.39. The third-order valence-electron chi connectivity index (χ3n) is 3.28. The Balaban J connectivity index is 0.000000428. The van der Waals surface area contributed by atoms with Crippen molar-refractivity contribution in [3.63, 3.8) is 0 Å². The van der Waals surface area contributed by atoms with Crippen LogP contribution in [0.25, 0.3) is 11.0 Å². The highest BCUT2D eigenvalue weighted by atomic mass is 32.2. The molecule has 1 heterocycles. The number of nitrogens with one attached hydrogen (secondary N) is 2. The Morgan fingerprint density at radius 2 is 1.83 bits per heavy atom. The minimum atomic E-state index is -0.852. The molecule has 0 atom stereocenters. The molecular weight excluding hydrogens is 412 g/mol. The second-order valence-electron chi connectivity index (χ2n) is 5.24. The maximum absolute atomic E-state index is 11.2. The number of imidazole rings is 1. The number of methoxy groups -OCH3 is 1. The number of urea groups is 1. The lowest BCUT2D eigenvalue weighted by Gasteiger charge is -2.00. The van der Waals surface area contributed by atoms with Crippen LogP contribution in [0, 0.1) is 4.91 Å². The molecule has 30 heavy (non-hydrogen) atoms. The van der Waals surface area contributed by atoms with Crippen LogP contribution in [-0.4, -0.2) is 41.3 Å².